The summed E-state index contributed by atoms with van der Waals surface area (Å²) < 4.78 is 10.7. The van der Waals surface area contributed by atoms with Crippen LogP contribution >= 0.6 is 11.3 Å². The molecule has 1 aliphatic rings. The SMILES string of the molecule is CCCCOc1cccc(C2C(C(=O)/C=C/c3ccccc3)=C(O)C(=O)N2c2nc(C)c(C(=O)OC)s2)c1. The average molecular weight is 533 g/mol. The molecule has 1 unspecified atom stereocenters. The number of thiazole rings is 1. The minimum atomic E-state index is -0.985. The van der Waals surface area contributed by atoms with Crippen LogP contribution in [-0.2, 0) is 14.3 Å². The first-order valence-corrected chi connectivity index (χ1v) is 13.0. The van der Waals surface area contributed by atoms with Gasteiger partial charge in [-0.25, -0.2) is 9.78 Å². The number of amides is 1. The molecule has 1 atom stereocenters. The van der Waals surface area contributed by atoms with Crippen molar-refractivity contribution in [2.24, 2.45) is 0 Å². The van der Waals surface area contributed by atoms with E-state index < -0.39 is 29.5 Å². The number of carbonyl (C=O) groups excluding carboxylic acids is 3. The van der Waals surface area contributed by atoms with E-state index in [2.05, 4.69) is 11.9 Å². The Morgan fingerprint density at radius 3 is 2.63 bits per heavy atom. The molecule has 1 aliphatic heterocycles. The summed E-state index contributed by atoms with van der Waals surface area (Å²) in [6, 6.07) is 15.3. The number of esters is 1. The Morgan fingerprint density at radius 2 is 1.92 bits per heavy atom. The van der Waals surface area contributed by atoms with Gasteiger partial charge in [0.05, 0.1) is 31.0 Å². The third-order valence-corrected chi connectivity index (χ3v) is 7.14. The number of aromatic nitrogens is 1. The number of allylic oxidation sites excluding steroid dienone is 1. The number of methoxy groups -OCH3 is 1. The summed E-state index contributed by atoms with van der Waals surface area (Å²) in [5, 5.41) is 11.1. The van der Waals surface area contributed by atoms with Crippen LogP contribution in [0.25, 0.3) is 6.08 Å². The first-order valence-electron chi connectivity index (χ1n) is 12.2. The van der Waals surface area contributed by atoms with Crippen LogP contribution in [0.5, 0.6) is 5.75 Å². The zero-order valence-corrected chi connectivity index (χ0v) is 22.2. The molecule has 0 aliphatic carbocycles. The first kappa shape index (κ1) is 26.8. The van der Waals surface area contributed by atoms with E-state index >= 15 is 0 Å². The quantitative estimate of drug-likeness (QED) is 0.206. The summed E-state index contributed by atoms with van der Waals surface area (Å²) in [5.41, 5.74) is 1.65. The van der Waals surface area contributed by atoms with Crippen LogP contribution in [-0.4, -0.2) is 41.5 Å². The molecule has 0 saturated carbocycles. The summed E-state index contributed by atoms with van der Waals surface area (Å²) in [6.07, 6.45) is 4.81. The number of carbonyl (C=O) groups is 3. The van der Waals surface area contributed by atoms with Gasteiger partial charge in [-0.3, -0.25) is 14.5 Å². The van der Waals surface area contributed by atoms with Gasteiger partial charge in [-0.2, -0.15) is 0 Å². The summed E-state index contributed by atoms with van der Waals surface area (Å²) in [5.74, 6) is -1.98. The maximum atomic E-state index is 13.5. The largest absolute Gasteiger partial charge is 0.503 e. The van der Waals surface area contributed by atoms with Crippen LogP contribution in [0.15, 0.2) is 72.0 Å². The molecule has 0 spiro atoms. The summed E-state index contributed by atoms with van der Waals surface area (Å²) in [4.78, 5) is 45.0. The number of nitrogens with zero attached hydrogens (tertiary/aromatic N) is 2. The third-order valence-electron chi connectivity index (χ3n) is 6.00. The second-order valence-corrected chi connectivity index (χ2v) is 9.60. The lowest BCUT2D eigenvalue weighted by Crippen LogP contribution is -2.30. The van der Waals surface area contributed by atoms with Gasteiger partial charge >= 0.3 is 5.97 Å². The van der Waals surface area contributed by atoms with Gasteiger partial charge in [-0.1, -0.05) is 73.2 Å². The second-order valence-electron chi connectivity index (χ2n) is 8.63. The Hall–Kier alpha value is -4.24. The number of rotatable bonds is 10. The molecule has 2 aromatic carbocycles. The molecule has 196 valence electrons. The van der Waals surface area contributed by atoms with Crippen LogP contribution in [0.4, 0.5) is 5.13 Å². The van der Waals surface area contributed by atoms with Gasteiger partial charge < -0.3 is 14.6 Å². The fourth-order valence-electron chi connectivity index (χ4n) is 4.07. The predicted molar refractivity (Wildman–Crippen MR) is 145 cm³/mol. The predicted octanol–water partition coefficient (Wildman–Crippen LogP) is 5.60. The van der Waals surface area contributed by atoms with Crippen LogP contribution in [0.2, 0.25) is 0 Å². The monoisotopic (exact) mass is 532 g/mol. The molecule has 1 N–H and O–H groups in total. The van der Waals surface area contributed by atoms with Crippen molar-refractivity contribution >= 4 is 40.2 Å². The van der Waals surface area contributed by atoms with Crippen LogP contribution in [0.3, 0.4) is 0 Å². The van der Waals surface area contributed by atoms with Gasteiger partial charge in [0.1, 0.15) is 10.6 Å². The second kappa shape index (κ2) is 11.9. The van der Waals surface area contributed by atoms with Crippen molar-refractivity contribution in [3.63, 3.8) is 0 Å². The molecule has 1 aromatic heterocycles. The van der Waals surface area contributed by atoms with Crippen molar-refractivity contribution in [3.8, 4) is 5.75 Å². The lowest BCUT2D eigenvalue weighted by Gasteiger charge is -2.24. The molecule has 4 rings (SSSR count). The summed E-state index contributed by atoms with van der Waals surface area (Å²) in [6.45, 7) is 4.22. The molecule has 0 bridgehead atoms. The number of aliphatic hydroxyl groups excluding tert-OH is 1. The molecule has 38 heavy (non-hydrogen) atoms. The zero-order valence-electron chi connectivity index (χ0n) is 21.3. The van der Waals surface area contributed by atoms with E-state index in [4.69, 9.17) is 9.47 Å². The van der Waals surface area contributed by atoms with E-state index in [-0.39, 0.29) is 15.6 Å². The molecule has 0 saturated heterocycles. The molecule has 0 radical (unpaired) electrons. The normalized spacial score (nSPS) is 15.4. The Bertz CT molecular complexity index is 1410. The highest BCUT2D eigenvalue weighted by molar-refractivity contribution is 7.17. The van der Waals surface area contributed by atoms with Gasteiger partial charge in [0.15, 0.2) is 16.7 Å². The molecular formula is C29H28N2O6S. The van der Waals surface area contributed by atoms with Crippen LogP contribution < -0.4 is 9.64 Å². The highest BCUT2D eigenvalue weighted by Crippen LogP contribution is 2.43. The summed E-state index contributed by atoms with van der Waals surface area (Å²) >= 11 is 0.960. The number of ketones is 1. The number of benzene rings is 2. The number of hydrogen-bond donors (Lipinski definition) is 1. The Kier molecular flexibility index (Phi) is 8.38. The number of ether oxygens (including phenoxy) is 2. The number of hydrogen-bond acceptors (Lipinski definition) is 8. The van der Waals surface area contributed by atoms with E-state index in [1.54, 1.807) is 37.3 Å². The van der Waals surface area contributed by atoms with E-state index in [0.717, 1.165) is 29.7 Å². The van der Waals surface area contributed by atoms with Crippen LogP contribution in [0, 0.1) is 6.92 Å². The topological polar surface area (TPSA) is 106 Å². The first-order chi connectivity index (χ1) is 18.3. The Morgan fingerprint density at radius 1 is 1.16 bits per heavy atom. The molecular weight excluding hydrogens is 504 g/mol. The Balaban J connectivity index is 1.78. The van der Waals surface area contributed by atoms with E-state index in [9.17, 15) is 19.5 Å². The zero-order chi connectivity index (χ0) is 27.2. The fraction of sp³-hybridized carbons (Fsp3) is 0.241. The van der Waals surface area contributed by atoms with Crippen molar-refractivity contribution in [1.82, 2.24) is 4.98 Å². The van der Waals surface area contributed by atoms with E-state index in [1.165, 1.54) is 18.1 Å². The van der Waals surface area contributed by atoms with Crippen molar-refractivity contribution in [1.29, 1.82) is 0 Å². The lowest BCUT2D eigenvalue weighted by molar-refractivity contribution is -0.117. The van der Waals surface area contributed by atoms with Gasteiger partial charge in [0, 0.05) is 0 Å². The number of anilines is 1. The molecule has 2 heterocycles. The molecule has 8 nitrogen and oxygen atoms in total. The number of unbranched alkanes of at least 4 members (excludes halogenated alkanes) is 1. The highest BCUT2D eigenvalue weighted by atomic mass is 32.1. The fourth-order valence-corrected chi connectivity index (χ4v) is 5.08. The average Bonchev–Trinajstić information content (AvgIpc) is 3.44. The van der Waals surface area contributed by atoms with Gasteiger partial charge in [0.2, 0.25) is 0 Å². The maximum Gasteiger partial charge on any atom is 0.350 e. The van der Waals surface area contributed by atoms with Crippen molar-refractivity contribution < 1.29 is 29.0 Å². The Labute approximate surface area is 224 Å². The van der Waals surface area contributed by atoms with Gasteiger partial charge in [-0.15, -0.1) is 0 Å². The standard InChI is InChI=1S/C29H28N2O6S/c1-4-5-16-37-21-13-9-12-20(17-21)24-23(22(32)15-14-19-10-7-6-8-11-19)25(33)27(34)31(24)29-30-18(2)26(38-29)28(35)36-3/h6-15,17,24,33H,4-5,16H2,1-3H3/b15-14+. The molecule has 9 heteroatoms. The smallest absolute Gasteiger partial charge is 0.350 e. The van der Waals surface area contributed by atoms with E-state index in [1.807, 2.05) is 30.3 Å². The number of aryl methyl sites for hydroxylation is 1. The lowest BCUT2D eigenvalue weighted by atomic mass is 9.95. The van der Waals surface area contributed by atoms with Crippen molar-refractivity contribution in [3.05, 3.63) is 93.7 Å². The van der Waals surface area contributed by atoms with Gasteiger partial charge in [0.25, 0.3) is 5.91 Å². The minimum Gasteiger partial charge on any atom is -0.503 e. The van der Waals surface area contributed by atoms with Gasteiger partial charge in [-0.05, 0) is 42.7 Å². The molecule has 3 aromatic rings. The minimum absolute atomic E-state index is 0.0830. The molecule has 1 amide bonds. The van der Waals surface area contributed by atoms with Crippen molar-refractivity contribution in [2.45, 2.75) is 32.7 Å². The maximum absolute atomic E-state index is 13.5. The summed E-state index contributed by atoms with van der Waals surface area (Å²) in [7, 11) is 1.26. The highest BCUT2D eigenvalue weighted by Gasteiger charge is 2.45. The molecule has 0 fully saturated rings. The third kappa shape index (κ3) is 5.52. The van der Waals surface area contributed by atoms with E-state index in [0.29, 0.717) is 23.6 Å². The van der Waals surface area contributed by atoms with Crippen LogP contribution in [0.1, 0.15) is 52.3 Å². The van der Waals surface area contributed by atoms with Crippen molar-refractivity contribution in [2.75, 3.05) is 18.6 Å². The number of aliphatic hydroxyl groups is 1.